The van der Waals surface area contributed by atoms with Crippen LogP contribution in [0.1, 0.15) is 32.1 Å². The summed E-state index contributed by atoms with van der Waals surface area (Å²) >= 11 is 0. The van der Waals surface area contributed by atoms with Crippen LogP contribution in [0.3, 0.4) is 0 Å². The molecule has 2 aromatic rings. The summed E-state index contributed by atoms with van der Waals surface area (Å²) in [5.41, 5.74) is 7.26. The fourth-order valence-corrected chi connectivity index (χ4v) is 3.49. The van der Waals surface area contributed by atoms with Crippen molar-refractivity contribution in [2.45, 2.75) is 38.1 Å². The smallest absolute Gasteiger partial charge is 0.228 e. The van der Waals surface area contributed by atoms with E-state index in [-0.39, 0.29) is 5.95 Å². The van der Waals surface area contributed by atoms with Gasteiger partial charge in [0.25, 0.3) is 0 Å². The van der Waals surface area contributed by atoms with Crippen LogP contribution in [0, 0.1) is 0 Å². The number of nitrogens with two attached hydrogens (primary N) is 1. The Labute approximate surface area is 153 Å². The van der Waals surface area contributed by atoms with Gasteiger partial charge >= 0.3 is 0 Å². The maximum absolute atomic E-state index is 5.62. The first-order chi connectivity index (χ1) is 12.8. The lowest BCUT2D eigenvalue weighted by molar-refractivity contribution is 0.122. The summed E-state index contributed by atoms with van der Waals surface area (Å²) in [7, 11) is 0. The molecule has 138 valence electrons. The van der Waals surface area contributed by atoms with Crippen LogP contribution >= 0.6 is 0 Å². The van der Waals surface area contributed by atoms with Gasteiger partial charge in [-0.15, -0.1) is 0 Å². The van der Waals surface area contributed by atoms with Gasteiger partial charge in [-0.3, -0.25) is 0 Å². The van der Waals surface area contributed by atoms with E-state index in [1.807, 2.05) is 6.07 Å². The lowest BCUT2D eigenvalue weighted by atomic mass is 9.95. The third-order valence-corrected chi connectivity index (χ3v) is 4.93. The summed E-state index contributed by atoms with van der Waals surface area (Å²) < 4.78 is 5.45. The first-order valence-electron chi connectivity index (χ1n) is 9.34. The van der Waals surface area contributed by atoms with Crippen LogP contribution in [0.15, 0.2) is 18.5 Å². The van der Waals surface area contributed by atoms with Gasteiger partial charge in [0.2, 0.25) is 11.9 Å². The Morgan fingerprint density at radius 2 is 1.77 bits per heavy atom. The summed E-state index contributed by atoms with van der Waals surface area (Å²) in [4.78, 5) is 19.9. The molecule has 0 radical (unpaired) electrons. The normalized spacial score (nSPS) is 18.7. The molecule has 8 nitrogen and oxygen atoms in total. The van der Waals surface area contributed by atoms with Crippen LogP contribution in [0.25, 0.3) is 11.3 Å². The third-order valence-electron chi connectivity index (χ3n) is 4.93. The fourth-order valence-electron chi connectivity index (χ4n) is 3.49. The molecule has 0 aromatic carbocycles. The summed E-state index contributed by atoms with van der Waals surface area (Å²) in [6.45, 7) is 2.99. The van der Waals surface area contributed by atoms with Crippen LogP contribution in [-0.4, -0.2) is 52.3 Å². The van der Waals surface area contributed by atoms with Gasteiger partial charge in [0.15, 0.2) is 0 Å². The molecule has 2 fully saturated rings. The maximum Gasteiger partial charge on any atom is 0.228 e. The molecule has 2 aromatic heterocycles. The summed E-state index contributed by atoms with van der Waals surface area (Å²) in [5.74, 6) is 1.85. The number of morpholine rings is 1. The molecular formula is C18H25N7O. The minimum Gasteiger partial charge on any atom is -0.378 e. The fraction of sp³-hybridized carbons (Fsp3) is 0.556. The molecule has 0 spiro atoms. The van der Waals surface area contributed by atoms with Gasteiger partial charge in [-0.2, -0.15) is 4.98 Å². The second kappa shape index (κ2) is 7.82. The molecular weight excluding hydrogens is 330 g/mol. The zero-order chi connectivity index (χ0) is 17.8. The Kier molecular flexibility index (Phi) is 5.10. The number of hydrogen-bond acceptors (Lipinski definition) is 8. The van der Waals surface area contributed by atoms with Gasteiger partial charge in [-0.1, -0.05) is 19.3 Å². The molecule has 1 saturated heterocycles. The molecule has 26 heavy (non-hydrogen) atoms. The molecule has 4 rings (SSSR count). The van der Waals surface area contributed by atoms with Crippen molar-refractivity contribution in [3.8, 4) is 11.3 Å². The largest absolute Gasteiger partial charge is 0.378 e. The number of aromatic nitrogens is 4. The summed E-state index contributed by atoms with van der Waals surface area (Å²) in [6.07, 6.45) is 9.68. The Hall–Kier alpha value is -2.48. The van der Waals surface area contributed by atoms with E-state index in [1.165, 1.54) is 32.1 Å². The Morgan fingerprint density at radius 3 is 2.50 bits per heavy atom. The quantitative estimate of drug-likeness (QED) is 0.859. The monoisotopic (exact) mass is 355 g/mol. The molecule has 0 bridgehead atoms. The SMILES string of the molecule is Nc1ncc(-c2cc(NC3CCCCC3)nc(N3CCOCC3)n2)cn1. The van der Waals surface area contributed by atoms with Gasteiger partial charge in [0.1, 0.15) is 5.82 Å². The van der Waals surface area contributed by atoms with Crippen molar-refractivity contribution in [3.63, 3.8) is 0 Å². The lowest BCUT2D eigenvalue weighted by Crippen LogP contribution is -2.37. The molecule has 1 aliphatic carbocycles. The topological polar surface area (TPSA) is 102 Å². The van der Waals surface area contributed by atoms with E-state index in [2.05, 4.69) is 20.2 Å². The highest BCUT2D eigenvalue weighted by Gasteiger charge is 2.19. The van der Waals surface area contributed by atoms with Crippen molar-refractivity contribution in [2.75, 3.05) is 42.3 Å². The van der Waals surface area contributed by atoms with E-state index < -0.39 is 0 Å². The van der Waals surface area contributed by atoms with Crippen LogP contribution in [0.5, 0.6) is 0 Å². The summed E-state index contributed by atoms with van der Waals surface area (Å²) in [6, 6.07) is 2.46. The van der Waals surface area contributed by atoms with Gasteiger partial charge in [0, 0.05) is 43.2 Å². The van der Waals surface area contributed by atoms with E-state index in [4.69, 9.17) is 20.4 Å². The van der Waals surface area contributed by atoms with Crippen LogP contribution < -0.4 is 16.0 Å². The van der Waals surface area contributed by atoms with Crippen LogP contribution in [0.4, 0.5) is 17.7 Å². The predicted molar refractivity (Wildman–Crippen MR) is 101 cm³/mol. The van der Waals surface area contributed by atoms with E-state index >= 15 is 0 Å². The van der Waals surface area contributed by atoms with E-state index in [0.717, 1.165) is 36.1 Å². The first kappa shape index (κ1) is 17.0. The number of nitrogens with zero attached hydrogens (tertiary/aromatic N) is 5. The van der Waals surface area contributed by atoms with Gasteiger partial charge < -0.3 is 20.7 Å². The average Bonchev–Trinajstić information content (AvgIpc) is 2.70. The first-order valence-corrected chi connectivity index (χ1v) is 9.34. The van der Waals surface area contributed by atoms with Crippen LogP contribution in [0.2, 0.25) is 0 Å². The Balaban J connectivity index is 1.65. The lowest BCUT2D eigenvalue weighted by Gasteiger charge is -2.28. The van der Waals surface area contributed by atoms with Crippen molar-refractivity contribution in [1.82, 2.24) is 19.9 Å². The minimum atomic E-state index is 0.261. The minimum absolute atomic E-state index is 0.261. The van der Waals surface area contributed by atoms with E-state index in [9.17, 15) is 0 Å². The number of hydrogen-bond donors (Lipinski definition) is 2. The average molecular weight is 355 g/mol. The molecule has 8 heteroatoms. The Bertz CT molecular complexity index is 725. The zero-order valence-electron chi connectivity index (χ0n) is 14.9. The van der Waals surface area contributed by atoms with E-state index in [1.54, 1.807) is 12.4 Å². The highest BCUT2D eigenvalue weighted by atomic mass is 16.5. The molecule has 2 aliphatic rings. The third kappa shape index (κ3) is 4.01. The number of ether oxygens (including phenoxy) is 1. The highest BCUT2D eigenvalue weighted by Crippen LogP contribution is 2.26. The van der Waals surface area contributed by atoms with Gasteiger partial charge in [-0.25, -0.2) is 15.0 Å². The van der Waals surface area contributed by atoms with Crippen molar-refractivity contribution in [2.24, 2.45) is 0 Å². The standard InChI is InChI=1S/C18H25N7O/c19-17-20-11-13(12-21-17)15-10-16(22-14-4-2-1-3-5-14)24-18(23-15)25-6-8-26-9-7-25/h10-12,14H,1-9H2,(H2,19,20,21)(H,22,23,24). The summed E-state index contributed by atoms with van der Waals surface area (Å²) in [5, 5.41) is 3.61. The van der Waals surface area contributed by atoms with Gasteiger partial charge in [-0.05, 0) is 12.8 Å². The maximum atomic E-state index is 5.62. The van der Waals surface area contributed by atoms with Crippen molar-refractivity contribution < 1.29 is 4.74 Å². The van der Waals surface area contributed by atoms with Crippen molar-refractivity contribution in [3.05, 3.63) is 18.5 Å². The molecule has 0 unspecified atom stereocenters. The zero-order valence-corrected chi connectivity index (χ0v) is 14.9. The van der Waals surface area contributed by atoms with Crippen LogP contribution in [-0.2, 0) is 4.74 Å². The van der Waals surface area contributed by atoms with Crippen molar-refractivity contribution in [1.29, 1.82) is 0 Å². The molecule has 0 amide bonds. The number of rotatable bonds is 4. The second-order valence-electron chi connectivity index (χ2n) is 6.85. The molecule has 1 saturated carbocycles. The number of nitrogens with one attached hydrogen (secondary N) is 1. The van der Waals surface area contributed by atoms with Gasteiger partial charge in [0.05, 0.1) is 18.9 Å². The second-order valence-corrected chi connectivity index (χ2v) is 6.85. The molecule has 1 aliphatic heterocycles. The molecule has 0 atom stereocenters. The molecule has 3 heterocycles. The molecule has 3 N–H and O–H groups in total. The van der Waals surface area contributed by atoms with Crippen molar-refractivity contribution >= 4 is 17.7 Å². The number of anilines is 3. The highest BCUT2D eigenvalue weighted by molar-refractivity contribution is 5.63. The predicted octanol–water partition coefficient (Wildman–Crippen LogP) is 2.10. The Morgan fingerprint density at radius 1 is 1.04 bits per heavy atom. The van der Waals surface area contributed by atoms with E-state index in [0.29, 0.717) is 19.3 Å². The number of nitrogen functional groups attached to an aromatic ring is 1.